The zero-order chi connectivity index (χ0) is 20.4. The van der Waals surface area contributed by atoms with Crippen LogP contribution in [0.4, 0.5) is 11.4 Å². The molecule has 4 heterocycles. The summed E-state index contributed by atoms with van der Waals surface area (Å²) in [6.07, 6.45) is 3.26. The first-order valence-electron chi connectivity index (χ1n) is 9.55. The lowest BCUT2D eigenvalue weighted by Gasteiger charge is -2.30. The van der Waals surface area contributed by atoms with Crippen molar-refractivity contribution in [1.29, 1.82) is 0 Å². The number of hydrogen-bond donors (Lipinski definition) is 1. The minimum Gasteiger partial charge on any atom is -0.378 e. The van der Waals surface area contributed by atoms with Gasteiger partial charge in [0.2, 0.25) is 5.91 Å². The van der Waals surface area contributed by atoms with E-state index in [1.165, 1.54) is 4.68 Å². The zero-order valence-electron chi connectivity index (χ0n) is 16.4. The highest BCUT2D eigenvalue weighted by Crippen LogP contribution is 2.24. The van der Waals surface area contributed by atoms with Crippen LogP contribution in [0.2, 0.25) is 0 Å². The normalized spacial score (nSPS) is 14.5. The molecule has 152 valence electrons. The van der Waals surface area contributed by atoms with Crippen molar-refractivity contribution in [2.75, 3.05) is 36.5 Å². The van der Waals surface area contributed by atoms with Crippen LogP contribution in [0, 0.1) is 0 Å². The van der Waals surface area contributed by atoms with Crippen LogP contribution in [0.5, 0.6) is 0 Å². The van der Waals surface area contributed by atoms with Crippen LogP contribution in [0.15, 0.2) is 35.5 Å². The number of carbonyl (C=O) groups excluding carboxylic acids is 1. The van der Waals surface area contributed by atoms with Gasteiger partial charge in [-0.25, -0.2) is 4.68 Å². The minimum absolute atomic E-state index is 0.110. The van der Waals surface area contributed by atoms with Crippen molar-refractivity contribution in [3.8, 4) is 0 Å². The number of aromatic nitrogens is 5. The summed E-state index contributed by atoms with van der Waals surface area (Å²) in [4.78, 5) is 27.2. The van der Waals surface area contributed by atoms with Crippen molar-refractivity contribution in [3.05, 3.63) is 46.8 Å². The van der Waals surface area contributed by atoms with Crippen LogP contribution < -0.4 is 15.8 Å². The second-order valence-corrected chi connectivity index (χ2v) is 7.23. The zero-order valence-corrected chi connectivity index (χ0v) is 16.4. The molecule has 1 aliphatic heterocycles. The Balaban J connectivity index is 1.54. The van der Waals surface area contributed by atoms with E-state index in [0.29, 0.717) is 24.5 Å². The first kappa shape index (κ1) is 19.1. The van der Waals surface area contributed by atoms with E-state index in [9.17, 15) is 9.59 Å². The van der Waals surface area contributed by atoms with E-state index < -0.39 is 0 Å². The third kappa shape index (κ3) is 4.11. The maximum Gasteiger partial charge on any atom is 0.269 e. The van der Waals surface area contributed by atoms with Crippen LogP contribution in [0.25, 0.3) is 5.65 Å². The predicted octanol–water partition coefficient (Wildman–Crippen LogP) is 0.885. The number of morpholine rings is 1. The SMILES string of the molecule is CC(C)c1nn(CC(=O)Nc2ccc3nncn3c2)c(=O)cc1N1CCOCC1. The molecular weight excluding hydrogens is 374 g/mol. The molecule has 3 aromatic rings. The Hall–Kier alpha value is -3.27. The second-order valence-electron chi connectivity index (χ2n) is 7.23. The first-order chi connectivity index (χ1) is 14.0. The topological polar surface area (TPSA) is 107 Å². The Kier molecular flexibility index (Phi) is 5.26. The molecule has 0 unspecified atom stereocenters. The Morgan fingerprint density at radius 1 is 1.28 bits per heavy atom. The van der Waals surface area contributed by atoms with Crippen molar-refractivity contribution in [2.24, 2.45) is 0 Å². The molecule has 0 aliphatic carbocycles. The summed E-state index contributed by atoms with van der Waals surface area (Å²) < 4.78 is 8.32. The van der Waals surface area contributed by atoms with Crippen LogP contribution >= 0.6 is 0 Å². The number of ether oxygens (including phenoxy) is 1. The molecule has 1 N–H and O–H groups in total. The first-order valence-corrected chi connectivity index (χ1v) is 9.55. The van der Waals surface area contributed by atoms with E-state index in [2.05, 4.69) is 25.5 Å². The summed E-state index contributed by atoms with van der Waals surface area (Å²) in [7, 11) is 0. The Labute approximate surface area is 167 Å². The number of nitrogens with zero attached hydrogens (tertiary/aromatic N) is 6. The lowest BCUT2D eigenvalue weighted by molar-refractivity contribution is -0.117. The average molecular weight is 397 g/mol. The summed E-state index contributed by atoms with van der Waals surface area (Å²) in [6, 6.07) is 5.06. The standard InChI is InChI=1S/C19H23N7O3/c1-13(2)19-15(24-5-7-29-8-6-24)9-18(28)26(23-19)11-17(27)21-14-3-4-16-22-20-12-25(16)10-14/h3-4,9-10,12-13H,5-8,11H2,1-2H3,(H,21,27). The average Bonchev–Trinajstić information content (AvgIpc) is 3.17. The van der Waals surface area contributed by atoms with Crippen molar-refractivity contribution < 1.29 is 9.53 Å². The lowest BCUT2D eigenvalue weighted by Crippen LogP contribution is -2.39. The fraction of sp³-hybridized carbons (Fsp3) is 0.421. The van der Waals surface area contributed by atoms with Crippen LogP contribution in [0.1, 0.15) is 25.5 Å². The Morgan fingerprint density at radius 3 is 2.83 bits per heavy atom. The smallest absolute Gasteiger partial charge is 0.269 e. The maximum atomic E-state index is 12.6. The fourth-order valence-corrected chi connectivity index (χ4v) is 3.32. The molecule has 0 spiro atoms. The number of hydrogen-bond acceptors (Lipinski definition) is 7. The molecule has 3 aromatic heterocycles. The highest BCUT2D eigenvalue weighted by molar-refractivity contribution is 5.90. The van der Waals surface area contributed by atoms with E-state index in [0.717, 1.165) is 24.5 Å². The van der Waals surface area contributed by atoms with Crippen molar-refractivity contribution in [3.63, 3.8) is 0 Å². The van der Waals surface area contributed by atoms with Gasteiger partial charge in [0.15, 0.2) is 5.65 Å². The maximum absolute atomic E-state index is 12.6. The van der Waals surface area contributed by atoms with Gasteiger partial charge in [-0.2, -0.15) is 5.10 Å². The highest BCUT2D eigenvalue weighted by Gasteiger charge is 2.20. The Morgan fingerprint density at radius 2 is 2.07 bits per heavy atom. The number of pyridine rings is 1. The van der Waals surface area contributed by atoms with E-state index in [1.807, 2.05) is 13.8 Å². The largest absolute Gasteiger partial charge is 0.378 e. The lowest BCUT2D eigenvalue weighted by atomic mass is 10.1. The minimum atomic E-state index is -0.333. The van der Waals surface area contributed by atoms with E-state index in [-0.39, 0.29) is 23.9 Å². The van der Waals surface area contributed by atoms with Gasteiger partial charge in [0.05, 0.1) is 30.3 Å². The molecular formula is C19H23N7O3. The molecule has 10 heteroatoms. The molecule has 1 aliphatic rings. The van der Waals surface area contributed by atoms with Crippen LogP contribution in [-0.2, 0) is 16.1 Å². The van der Waals surface area contributed by atoms with Crippen molar-refractivity contribution in [1.82, 2.24) is 24.4 Å². The van der Waals surface area contributed by atoms with Crippen molar-refractivity contribution in [2.45, 2.75) is 26.3 Å². The summed E-state index contributed by atoms with van der Waals surface area (Å²) in [5, 5.41) is 15.0. The Bertz CT molecular complexity index is 1080. The summed E-state index contributed by atoms with van der Waals surface area (Å²) in [6.45, 7) is 6.57. The van der Waals surface area contributed by atoms with Gasteiger partial charge in [-0.3, -0.25) is 14.0 Å². The van der Waals surface area contributed by atoms with Gasteiger partial charge in [-0.1, -0.05) is 13.8 Å². The van der Waals surface area contributed by atoms with Gasteiger partial charge >= 0.3 is 0 Å². The molecule has 4 rings (SSSR count). The fourth-order valence-electron chi connectivity index (χ4n) is 3.32. The third-order valence-electron chi connectivity index (χ3n) is 4.77. The van der Waals surface area contributed by atoms with Crippen LogP contribution in [-0.4, -0.2) is 56.6 Å². The van der Waals surface area contributed by atoms with Gasteiger partial charge in [0.1, 0.15) is 12.9 Å². The summed E-state index contributed by atoms with van der Waals surface area (Å²) in [5.41, 5.74) is 2.58. The van der Waals surface area contributed by atoms with E-state index in [1.54, 1.807) is 35.1 Å². The van der Waals surface area contributed by atoms with E-state index >= 15 is 0 Å². The van der Waals surface area contributed by atoms with Gasteiger partial charge < -0.3 is 15.0 Å². The third-order valence-corrected chi connectivity index (χ3v) is 4.77. The van der Waals surface area contributed by atoms with Gasteiger partial charge in [-0.05, 0) is 18.1 Å². The number of amides is 1. The molecule has 0 atom stereocenters. The monoisotopic (exact) mass is 397 g/mol. The van der Waals surface area contributed by atoms with Crippen molar-refractivity contribution >= 4 is 22.9 Å². The number of fused-ring (bicyclic) bond motifs is 1. The summed E-state index contributed by atoms with van der Waals surface area (Å²) >= 11 is 0. The second kappa shape index (κ2) is 8.00. The molecule has 0 radical (unpaired) electrons. The molecule has 1 fully saturated rings. The molecule has 0 bridgehead atoms. The molecule has 0 aromatic carbocycles. The van der Waals surface area contributed by atoms with E-state index in [4.69, 9.17) is 4.74 Å². The van der Waals surface area contributed by atoms with Gasteiger partial charge in [-0.15, -0.1) is 10.2 Å². The molecule has 1 saturated heterocycles. The number of carbonyl (C=O) groups is 1. The predicted molar refractivity (Wildman–Crippen MR) is 107 cm³/mol. The molecule has 29 heavy (non-hydrogen) atoms. The van der Waals surface area contributed by atoms with Gasteiger partial charge in [0.25, 0.3) is 5.56 Å². The molecule has 1 amide bonds. The number of anilines is 2. The summed E-state index contributed by atoms with van der Waals surface area (Å²) in [5.74, 6) is -0.222. The number of rotatable bonds is 5. The van der Waals surface area contributed by atoms with Crippen LogP contribution in [0.3, 0.4) is 0 Å². The molecule has 0 saturated carbocycles. The quantitative estimate of drug-likeness (QED) is 0.681. The molecule has 10 nitrogen and oxygen atoms in total. The van der Waals surface area contributed by atoms with Gasteiger partial charge in [0, 0.05) is 25.4 Å². The number of nitrogens with one attached hydrogen (secondary N) is 1. The highest BCUT2D eigenvalue weighted by atomic mass is 16.5.